The van der Waals surface area contributed by atoms with Crippen molar-refractivity contribution in [3.63, 3.8) is 0 Å². The number of pyridine rings is 1. The second-order valence-corrected chi connectivity index (χ2v) is 5.27. The van der Waals surface area contributed by atoms with Gasteiger partial charge in [-0.25, -0.2) is 4.98 Å². The summed E-state index contributed by atoms with van der Waals surface area (Å²) in [6.45, 7) is 1.94. The SMILES string of the molecule is Cc1ccc(NS(=O)(=O)c2ccccn2)cc1. The lowest BCUT2D eigenvalue weighted by atomic mass is 10.2. The molecule has 0 aliphatic carbocycles. The molecule has 4 nitrogen and oxygen atoms in total. The zero-order chi connectivity index (χ0) is 12.3. The first-order valence-electron chi connectivity index (χ1n) is 5.08. The van der Waals surface area contributed by atoms with Gasteiger partial charge in [0.15, 0.2) is 5.03 Å². The van der Waals surface area contributed by atoms with Crippen molar-refractivity contribution in [1.82, 2.24) is 4.98 Å². The molecule has 0 saturated carbocycles. The summed E-state index contributed by atoms with van der Waals surface area (Å²) in [5.74, 6) is 0. The molecular formula is C12H12N2O2S. The molecule has 0 atom stereocenters. The summed E-state index contributed by atoms with van der Waals surface area (Å²) in [6.07, 6.45) is 1.45. The highest BCUT2D eigenvalue weighted by molar-refractivity contribution is 7.92. The third kappa shape index (κ3) is 2.82. The normalized spacial score (nSPS) is 11.1. The van der Waals surface area contributed by atoms with Crippen LogP contribution >= 0.6 is 0 Å². The van der Waals surface area contributed by atoms with Gasteiger partial charge < -0.3 is 0 Å². The van der Waals surface area contributed by atoms with Crippen molar-refractivity contribution in [2.24, 2.45) is 0 Å². The monoisotopic (exact) mass is 248 g/mol. The van der Waals surface area contributed by atoms with E-state index >= 15 is 0 Å². The summed E-state index contributed by atoms with van der Waals surface area (Å²) in [5, 5.41) is 0.0144. The minimum atomic E-state index is -3.59. The molecule has 1 aromatic carbocycles. The van der Waals surface area contributed by atoms with Crippen molar-refractivity contribution < 1.29 is 8.42 Å². The van der Waals surface area contributed by atoms with Crippen LogP contribution < -0.4 is 4.72 Å². The van der Waals surface area contributed by atoms with Crippen LogP contribution in [-0.4, -0.2) is 13.4 Å². The van der Waals surface area contributed by atoms with Crippen LogP contribution in [0.4, 0.5) is 5.69 Å². The Kier molecular flexibility index (Phi) is 3.10. The Bertz CT molecular complexity index is 592. The maximum absolute atomic E-state index is 11.9. The number of anilines is 1. The second kappa shape index (κ2) is 4.55. The lowest BCUT2D eigenvalue weighted by Crippen LogP contribution is -2.14. The molecule has 0 radical (unpaired) electrons. The van der Waals surface area contributed by atoms with Gasteiger partial charge in [0.25, 0.3) is 10.0 Å². The first-order chi connectivity index (χ1) is 8.08. The van der Waals surface area contributed by atoms with Gasteiger partial charge in [-0.1, -0.05) is 23.8 Å². The summed E-state index contributed by atoms with van der Waals surface area (Å²) in [7, 11) is -3.59. The minimum Gasteiger partial charge on any atom is -0.278 e. The van der Waals surface area contributed by atoms with Crippen molar-refractivity contribution in [1.29, 1.82) is 0 Å². The van der Waals surface area contributed by atoms with Crippen molar-refractivity contribution in [2.75, 3.05) is 4.72 Å². The Morgan fingerprint density at radius 3 is 2.35 bits per heavy atom. The Labute approximate surface area is 100 Å². The Hall–Kier alpha value is -1.88. The van der Waals surface area contributed by atoms with E-state index in [1.54, 1.807) is 24.3 Å². The zero-order valence-corrected chi connectivity index (χ0v) is 10.1. The minimum absolute atomic E-state index is 0.0144. The summed E-state index contributed by atoms with van der Waals surface area (Å²) in [5.41, 5.74) is 1.60. The number of sulfonamides is 1. The van der Waals surface area contributed by atoms with E-state index in [1.165, 1.54) is 12.3 Å². The van der Waals surface area contributed by atoms with Gasteiger partial charge in [-0.2, -0.15) is 8.42 Å². The molecule has 0 unspecified atom stereocenters. The lowest BCUT2D eigenvalue weighted by Gasteiger charge is -2.07. The lowest BCUT2D eigenvalue weighted by molar-refractivity contribution is 0.597. The summed E-state index contributed by atoms with van der Waals surface area (Å²) in [6, 6.07) is 11.9. The molecule has 1 aromatic heterocycles. The molecule has 0 spiro atoms. The number of rotatable bonds is 3. The van der Waals surface area contributed by atoms with Crippen molar-refractivity contribution >= 4 is 15.7 Å². The van der Waals surface area contributed by atoms with Crippen LogP contribution in [0.15, 0.2) is 53.7 Å². The van der Waals surface area contributed by atoms with E-state index in [-0.39, 0.29) is 5.03 Å². The predicted octanol–water partition coefficient (Wildman–Crippen LogP) is 2.19. The number of hydrogen-bond acceptors (Lipinski definition) is 3. The fraction of sp³-hybridized carbons (Fsp3) is 0.0833. The van der Waals surface area contributed by atoms with Gasteiger partial charge in [0.1, 0.15) is 0 Å². The average molecular weight is 248 g/mol. The fourth-order valence-corrected chi connectivity index (χ4v) is 2.34. The molecule has 0 saturated heterocycles. The van der Waals surface area contributed by atoms with E-state index in [9.17, 15) is 8.42 Å². The van der Waals surface area contributed by atoms with E-state index in [0.717, 1.165) is 5.56 Å². The van der Waals surface area contributed by atoms with E-state index < -0.39 is 10.0 Å². The van der Waals surface area contributed by atoms with Gasteiger partial charge in [-0.15, -0.1) is 0 Å². The van der Waals surface area contributed by atoms with Crippen molar-refractivity contribution in [3.05, 3.63) is 54.2 Å². The van der Waals surface area contributed by atoms with Crippen molar-refractivity contribution in [2.45, 2.75) is 11.9 Å². The molecule has 1 heterocycles. The standard InChI is InChI=1S/C12H12N2O2S/c1-10-5-7-11(8-6-10)14-17(15,16)12-4-2-3-9-13-12/h2-9,14H,1H3. The van der Waals surface area contributed by atoms with Crippen LogP contribution in [-0.2, 0) is 10.0 Å². The van der Waals surface area contributed by atoms with Crippen LogP contribution in [0.1, 0.15) is 5.56 Å². The van der Waals surface area contributed by atoms with E-state index in [1.807, 2.05) is 19.1 Å². The van der Waals surface area contributed by atoms with Gasteiger partial charge >= 0.3 is 0 Å². The molecule has 88 valence electrons. The molecule has 17 heavy (non-hydrogen) atoms. The van der Waals surface area contributed by atoms with Gasteiger partial charge in [0.2, 0.25) is 0 Å². The molecule has 5 heteroatoms. The van der Waals surface area contributed by atoms with Crippen LogP contribution in [0.25, 0.3) is 0 Å². The third-order valence-corrected chi connectivity index (χ3v) is 3.51. The fourth-order valence-electron chi connectivity index (χ4n) is 1.34. The number of benzene rings is 1. The van der Waals surface area contributed by atoms with Gasteiger partial charge in [0, 0.05) is 11.9 Å². The molecule has 0 bridgehead atoms. The first kappa shape index (κ1) is 11.6. The van der Waals surface area contributed by atoms with Gasteiger partial charge in [-0.3, -0.25) is 4.72 Å². The maximum Gasteiger partial charge on any atom is 0.279 e. The number of nitrogens with one attached hydrogen (secondary N) is 1. The van der Waals surface area contributed by atoms with Crippen LogP contribution in [0, 0.1) is 6.92 Å². The third-order valence-electron chi connectivity index (χ3n) is 2.22. The molecule has 0 amide bonds. The highest BCUT2D eigenvalue weighted by Gasteiger charge is 2.14. The number of nitrogens with zero attached hydrogens (tertiary/aromatic N) is 1. The highest BCUT2D eigenvalue weighted by atomic mass is 32.2. The maximum atomic E-state index is 11.9. The predicted molar refractivity (Wildman–Crippen MR) is 66.2 cm³/mol. The van der Waals surface area contributed by atoms with E-state index in [2.05, 4.69) is 9.71 Å². The number of aryl methyl sites for hydroxylation is 1. The second-order valence-electron chi connectivity index (χ2n) is 3.64. The van der Waals surface area contributed by atoms with E-state index in [0.29, 0.717) is 5.69 Å². The van der Waals surface area contributed by atoms with Crippen LogP contribution in [0.3, 0.4) is 0 Å². The molecule has 2 aromatic rings. The quantitative estimate of drug-likeness (QED) is 0.905. The molecule has 2 rings (SSSR count). The largest absolute Gasteiger partial charge is 0.279 e. The summed E-state index contributed by atoms with van der Waals surface area (Å²) >= 11 is 0. The molecular weight excluding hydrogens is 236 g/mol. The Balaban J connectivity index is 2.27. The Morgan fingerprint density at radius 2 is 1.76 bits per heavy atom. The molecule has 1 N–H and O–H groups in total. The highest BCUT2D eigenvalue weighted by Crippen LogP contribution is 2.14. The Morgan fingerprint density at radius 1 is 1.06 bits per heavy atom. The topological polar surface area (TPSA) is 59.1 Å². The van der Waals surface area contributed by atoms with Gasteiger partial charge in [0.05, 0.1) is 0 Å². The smallest absolute Gasteiger partial charge is 0.278 e. The number of aromatic nitrogens is 1. The average Bonchev–Trinajstić information content (AvgIpc) is 2.33. The molecule has 0 aliphatic heterocycles. The van der Waals surface area contributed by atoms with E-state index in [4.69, 9.17) is 0 Å². The van der Waals surface area contributed by atoms with Crippen LogP contribution in [0.2, 0.25) is 0 Å². The van der Waals surface area contributed by atoms with Gasteiger partial charge in [-0.05, 0) is 31.2 Å². The van der Waals surface area contributed by atoms with Crippen molar-refractivity contribution in [3.8, 4) is 0 Å². The zero-order valence-electron chi connectivity index (χ0n) is 9.29. The first-order valence-corrected chi connectivity index (χ1v) is 6.57. The summed E-state index contributed by atoms with van der Waals surface area (Å²) < 4.78 is 26.3. The molecule has 0 fully saturated rings. The summed E-state index contributed by atoms with van der Waals surface area (Å²) in [4.78, 5) is 3.81. The molecule has 0 aliphatic rings. The van der Waals surface area contributed by atoms with Crippen LogP contribution in [0.5, 0.6) is 0 Å². The number of hydrogen-bond donors (Lipinski definition) is 1.